The van der Waals surface area contributed by atoms with Crippen LogP contribution in [0, 0.1) is 19.3 Å². The Kier molecular flexibility index (Phi) is 5.48. The molecule has 1 amide bonds. The molecule has 0 saturated carbocycles. The maximum Gasteiger partial charge on any atom is 0.272 e. The fraction of sp³-hybridized carbons (Fsp3) is 0.571. The molecule has 156 valence electrons. The van der Waals surface area contributed by atoms with Crippen LogP contribution in [0.5, 0.6) is 5.75 Å². The topological polar surface area (TPSA) is 78.8 Å². The Morgan fingerprint density at radius 3 is 2.90 bits per heavy atom. The predicted molar refractivity (Wildman–Crippen MR) is 113 cm³/mol. The summed E-state index contributed by atoms with van der Waals surface area (Å²) in [5.74, 6) is 0.515. The average Bonchev–Trinajstić information content (AvgIpc) is 3.08. The standard InChI is InChI=1S/C21H28N4O3S/c1-14-15(2)29-20(23-14)25-10-6-18(26)21(13-25)7-4-9-24(12-21)19(27)17-11-16(28-3)5-8-22-17/h5,8,11,18,26H,4,6-7,9-10,12-13H2,1-3H3/t18-,21+/m1/s1. The first kappa shape index (κ1) is 20.1. The highest BCUT2D eigenvalue weighted by atomic mass is 32.1. The van der Waals surface area contributed by atoms with Crippen molar-refractivity contribution in [2.45, 2.75) is 39.2 Å². The molecule has 2 fully saturated rings. The number of rotatable bonds is 3. The maximum absolute atomic E-state index is 13.1. The van der Waals surface area contributed by atoms with E-state index in [0.29, 0.717) is 31.0 Å². The monoisotopic (exact) mass is 416 g/mol. The number of piperidine rings is 2. The number of amides is 1. The second-order valence-electron chi connectivity index (χ2n) is 8.14. The summed E-state index contributed by atoms with van der Waals surface area (Å²) < 4.78 is 5.23. The average molecular weight is 417 g/mol. The summed E-state index contributed by atoms with van der Waals surface area (Å²) in [5, 5.41) is 12.0. The number of aromatic nitrogens is 2. The zero-order valence-corrected chi connectivity index (χ0v) is 18.0. The van der Waals surface area contributed by atoms with Crippen molar-refractivity contribution in [2.24, 2.45) is 5.41 Å². The summed E-state index contributed by atoms with van der Waals surface area (Å²) in [7, 11) is 1.58. The van der Waals surface area contributed by atoms with Crippen LogP contribution in [0.2, 0.25) is 0 Å². The van der Waals surface area contributed by atoms with E-state index in [1.54, 1.807) is 36.8 Å². The minimum atomic E-state index is -0.422. The molecule has 0 radical (unpaired) electrons. The molecule has 29 heavy (non-hydrogen) atoms. The van der Waals surface area contributed by atoms with Crippen LogP contribution in [0.25, 0.3) is 0 Å². The molecule has 0 unspecified atom stereocenters. The molecule has 1 N–H and O–H groups in total. The molecular formula is C21H28N4O3S. The molecule has 2 saturated heterocycles. The van der Waals surface area contributed by atoms with Gasteiger partial charge in [-0.3, -0.25) is 9.78 Å². The second kappa shape index (κ2) is 7.91. The predicted octanol–water partition coefficient (Wildman–Crippen LogP) is 2.66. The third-order valence-corrected chi connectivity index (χ3v) is 7.39. The Bertz CT molecular complexity index is 882. The number of carbonyl (C=O) groups is 1. The van der Waals surface area contributed by atoms with Crippen molar-refractivity contribution in [3.63, 3.8) is 0 Å². The molecule has 1 spiro atoms. The van der Waals surface area contributed by atoms with Crippen molar-refractivity contribution in [1.82, 2.24) is 14.9 Å². The van der Waals surface area contributed by atoms with E-state index in [1.165, 1.54) is 4.88 Å². The fourth-order valence-electron chi connectivity index (χ4n) is 4.45. The number of nitrogens with zero attached hydrogens (tertiary/aromatic N) is 4. The molecule has 4 heterocycles. The normalized spacial score (nSPS) is 24.8. The highest BCUT2D eigenvalue weighted by Gasteiger charge is 2.47. The van der Waals surface area contributed by atoms with Gasteiger partial charge in [-0.1, -0.05) is 0 Å². The lowest BCUT2D eigenvalue weighted by atomic mass is 9.71. The molecule has 2 aromatic rings. The molecule has 0 aliphatic carbocycles. The zero-order valence-electron chi connectivity index (χ0n) is 17.2. The third kappa shape index (κ3) is 3.83. The SMILES string of the molecule is COc1ccnc(C(=O)N2CCC[C@]3(C2)CN(c2nc(C)c(C)s2)CC[C@H]3O)c1. The molecule has 7 nitrogen and oxygen atoms in total. The molecule has 0 bridgehead atoms. The lowest BCUT2D eigenvalue weighted by Gasteiger charge is -2.51. The van der Waals surface area contributed by atoms with Gasteiger partial charge in [0.2, 0.25) is 0 Å². The Hall–Kier alpha value is -2.19. The van der Waals surface area contributed by atoms with Crippen LogP contribution in [0.1, 0.15) is 40.3 Å². The van der Waals surface area contributed by atoms with Gasteiger partial charge in [0.15, 0.2) is 5.13 Å². The number of thiazole rings is 1. The van der Waals surface area contributed by atoms with E-state index in [0.717, 1.165) is 36.8 Å². The number of ether oxygens (including phenoxy) is 1. The van der Waals surface area contributed by atoms with Crippen LogP contribution in [-0.2, 0) is 0 Å². The van der Waals surface area contributed by atoms with E-state index in [1.807, 2.05) is 11.8 Å². The van der Waals surface area contributed by atoms with Crippen LogP contribution >= 0.6 is 11.3 Å². The van der Waals surface area contributed by atoms with Crippen LogP contribution < -0.4 is 9.64 Å². The lowest BCUT2D eigenvalue weighted by molar-refractivity contribution is -0.0362. The van der Waals surface area contributed by atoms with Crippen molar-refractivity contribution in [2.75, 3.05) is 38.2 Å². The summed E-state index contributed by atoms with van der Waals surface area (Å²) >= 11 is 1.71. The first-order valence-electron chi connectivity index (χ1n) is 10.1. The quantitative estimate of drug-likeness (QED) is 0.829. The van der Waals surface area contributed by atoms with Crippen molar-refractivity contribution in [1.29, 1.82) is 0 Å². The van der Waals surface area contributed by atoms with E-state index < -0.39 is 6.10 Å². The van der Waals surface area contributed by atoms with Gasteiger partial charge in [0.05, 0.1) is 18.9 Å². The Morgan fingerprint density at radius 1 is 1.34 bits per heavy atom. The summed E-state index contributed by atoms with van der Waals surface area (Å²) in [6.45, 7) is 6.85. The van der Waals surface area contributed by atoms with Gasteiger partial charge >= 0.3 is 0 Å². The largest absolute Gasteiger partial charge is 0.497 e. The number of hydrogen-bond donors (Lipinski definition) is 1. The number of pyridine rings is 1. The van der Waals surface area contributed by atoms with E-state index in [4.69, 9.17) is 9.72 Å². The van der Waals surface area contributed by atoms with Crippen LogP contribution in [0.15, 0.2) is 18.3 Å². The van der Waals surface area contributed by atoms with Gasteiger partial charge in [0.25, 0.3) is 5.91 Å². The van der Waals surface area contributed by atoms with Crippen molar-refractivity contribution >= 4 is 22.4 Å². The number of aliphatic hydroxyl groups is 1. The maximum atomic E-state index is 13.1. The number of hydrogen-bond acceptors (Lipinski definition) is 7. The zero-order chi connectivity index (χ0) is 20.6. The van der Waals surface area contributed by atoms with Gasteiger partial charge in [0, 0.05) is 48.7 Å². The summed E-state index contributed by atoms with van der Waals surface area (Å²) in [6.07, 6.45) is 3.64. The van der Waals surface area contributed by atoms with Crippen LogP contribution in [-0.4, -0.2) is 65.3 Å². The van der Waals surface area contributed by atoms with Gasteiger partial charge in [-0.2, -0.15) is 0 Å². The van der Waals surface area contributed by atoms with E-state index >= 15 is 0 Å². The minimum Gasteiger partial charge on any atom is -0.497 e. The number of anilines is 1. The van der Waals surface area contributed by atoms with Gasteiger partial charge in [-0.05, 0) is 39.2 Å². The smallest absolute Gasteiger partial charge is 0.272 e. The first-order chi connectivity index (χ1) is 13.9. The summed E-state index contributed by atoms with van der Waals surface area (Å²) in [5.41, 5.74) is 1.11. The van der Waals surface area contributed by atoms with E-state index in [9.17, 15) is 9.90 Å². The molecule has 4 rings (SSSR count). The summed E-state index contributed by atoms with van der Waals surface area (Å²) in [4.78, 5) is 27.4. The number of aliphatic hydroxyl groups excluding tert-OH is 1. The lowest BCUT2D eigenvalue weighted by Crippen LogP contribution is -2.60. The number of likely N-dealkylation sites (tertiary alicyclic amines) is 1. The molecule has 2 aliphatic heterocycles. The van der Waals surface area contributed by atoms with Gasteiger partial charge < -0.3 is 19.6 Å². The molecular weight excluding hydrogens is 388 g/mol. The van der Waals surface area contributed by atoms with Crippen molar-refractivity contribution in [3.8, 4) is 5.75 Å². The van der Waals surface area contributed by atoms with Crippen molar-refractivity contribution in [3.05, 3.63) is 34.6 Å². The Balaban J connectivity index is 1.55. The van der Waals surface area contributed by atoms with Gasteiger partial charge in [-0.25, -0.2) is 4.98 Å². The molecule has 2 atom stereocenters. The third-order valence-electron chi connectivity index (χ3n) is 6.25. The van der Waals surface area contributed by atoms with Crippen molar-refractivity contribution < 1.29 is 14.6 Å². The molecule has 8 heteroatoms. The Morgan fingerprint density at radius 2 is 2.17 bits per heavy atom. The second-order valence-corrected chi connectivity index (χ2v) is 9.32. The van der Waals surface area contributed by atoms with E-state index in [-0.39, 0.29) is 11.3 Å². The van der Waals surface area contributed by atoms with Crippen LogP contribution in [0.4, 0.5) is 5.13 Å². The molecule has 0 aromatic carbocycles. The van der Waals surface area contributed by atoms with Gasteiger partial charge in [-0.15, -0.1) is 11.3 Å². The van der Waals surface area contributed by atoms with Gasteiger partial charge in [0.1, 0.15) is 11.4 Å². The van der Waals surface area contributed by atoms with Crippen LogP contribution in [0.3, 0.4) is 0 Å². The minimum absolute atomic E-state index is 0.103. The van der Waals surface area contributed by atoms with E-state index in [2.05, 4.69) is 16.8 Å². The highest BCUT2D eigenvalue weighted by molar-refractivity contribution is 7.15. The fourth-order valence-corrected chi connectivity index (χ4v) is 5.39. The number of aryl methyl sites for hydroxylation is 2. The molecule has 2 aliphatic rings. The first-order valence-corrected chi connectivity index (χ1v) is 10.9. The highest BCUT2D eigenvalue weighted by Crippen LogP contribution is 2.41. The number of carbonyl (C=O) groups excluding carboxylic acids is 1. The number of methoxy groups -OCH3 is 1. The Labute approximate surface area is 175 Å². The molecule has 2 aromatic heterocycles. The summed E-state index contributed by atoms with van der Waals surface area (Å²) in [6, 6.07) is 3.41.